The molecule has 1 fully saturated rings. The molecule has 0 N–H and O–H groups in total. The standard InChI is InChI=1S/C12H14ClNO2/c1-16-12(15)11-8-7-10(14(11)13)9-5-3-2-4-6-9/h2-6,10-11H,7-8H2,1H3/t10-,11+/m1/s1. The number of carbonyl (C=O) groups excluding carboxylic acids is 1. The zero-order valence-electron chi connectivity index (χ0n) is 9.10. The first-order valence-electron chi connectivity index (χ1n) is 5.31. The monoisotopic (exact) mass is 239 g/mol. The molecule has 1 aromatic rings. The second-order valence-electron chi connectivity index (χ2n) is 3.89. The first-order chi connectivity index (χ1) is 7.74. The van der Waals surface area contributed by atoms with E-state index in [1.807, 2.05) is 30.3 Å². The number of nitrogens with zero attached hydrogens (tertiary/aromatic N) is 1. The summed E-state index contributed by atoms with van der Waals surface area (Å²) in [5.41, 5.74) is 1.14. The van der Waals surface area contributed by atoms with Crippen LogP contribution in [0.15, 0.2) is 30.3 Å². The summed E-state index contributed by atoms with van der Waals surface area (Å²) in [6.45, 7) is 0. The van der Waals surface area contributed by atoms with Gasteiger partial charge in [-0.2, -0.15) is 4.42 Å². The Hall–Kier alpha value is -1.06. The van der Waals surface area contributed by atoms with Gasteiger partial charge in [-0.05, 0) is 30.2 Å². The number of methoxy groups -OCH3 is 1. The summed E-state index contributed by atoms with van der Waals surface area (Å²) in [6, 6.07) is 9.76. The summed E-state index contributed by atoms with van der Waals surface area (Å²) in [7, 11) is 1.39. The van der Waals surface area contributed by atoms with E-state index in [0.29, 0.717) is 0 Å². The van der Waals surface area contributed by atoms with E-state index in [-0.39, 0.29) is 18.1 Å². The number of hydrogen-bond acceptors (Lipinski definition) is 3. The van der Waals surface area contributed by atoms with Crippen LogP contribution < -0.4 is 0 Å². The molecule has 1 saturated heterocycles. The lowest BCUT2D eigenvalue weighted by atomic mass is 10.1. The average molecular weight is 240 g/mol. The number of carbonyl (C=O) groups is 1. The lowest BCUT2D eigenvalue weighted by molar-refractivity contribution is -0.144. The van der Waals surface area contributed by atoms with Gasteiger partial charge in [-0.15, -0.1) is 0 Å². The molecule has 1 aliphatic heterocycles. The molecule has 0 aliphatic carbocycles. The summed E-state index contributed by atoms with van der Waals surface area (Å²) < 4.78 is 6.31. The van der Waals surface area contributed by atoms with Gasteiger partial charge in [0, 0.05) is 0 Å². The molecule has 0 radical (unpaired) electrons. The van der Waals surface area contributed by atoms with Gasteiger partial charge in [0.05, 0.1) is 13.2 Å². The van der Waals surface area contributed by atoms with Crippen molar-refractivity contribution in [2.45, 2.75) is 24.9 Å². The zero-order valence-corrected chi connectivity index (χ0v) is 9.85. The predicted molar refractivity (Wildman–Crippen MR) is 61.9 cm³/mol. The van der Waals surface area contributed by atoms with Crippen molar-refractivity contribution >= 4 is 17.7 Å². The van der Waals surface area contributed by atoms with E-state index >= 15 is 0 Å². The van der Waals surface area contributed by atoms with Gasteiger partial charge in [0.25, 0.3) is 0 Å². The predicted octanol–water partition coefficient (Wildman–Crippen LogP) is 2.52. The van der Waals surface area contributed by atoms with Gasteiger partial charge in [-0.25, -0.2) is 0 Å². The third kappa shape index (κ3) is 2.06. The first-order valence-corrected chi connectivity index (χ1v) is 5.64. The fourth-order valence-corrected chi connectivity index (χ4v) is 2.51. The SMILES string of the molecule is COC(=O)[C@@H]1CC[C@H](c2ccccc2)N1Cl. The highest BCUT2D eigenvalue weighted by Gasteiger charge is 2.38. The lowest BCUT2D eigenvalue weighted by Gasteiger charge is -2.21. The second-order valence-corrected chi connectivity index (χ2v) is 4.28. The van der Waals surface area contributed by atoms with Gasteiger partial charge in [0.15, 0.2) is 0 Å². The molecule has 16 heavy (non-hydrogen) atoms. The number of ether oxygens (including phenoxy) is 1. The Kier molecular flexibility index (Phi) is 3.46. The van der Waals surface area contributed by atoms with Crippen molar-refractivity contribution in [3.63, 3.8) is 0 Å². The zero-order chi connectivity index (χ0) is 11.5. The highest BCUT2D eigenvalue weighted by molar-refractivity contribution is 6.15. The van der Waals surface area contributed by atoms with Crippen LogP contribution in [0.4, 0.5) is 0 Å². The van der Waals surface area contributed by atoms with Crippen LogP contribution in [0.25, 0.3) is 0 Å². The maximum atomic E-state index is 11.5. The van der Waals surface area contributed by atoms with Crippen molar-refractivity contribution in [2.24, 2.45) is 0 Å². The highest BCUT2D eigenvalue weighted by Crippen LogP contribution is 2.37. The summed E-state index contributed by atoms with van der Waals surface area (Å²) in [4.78, 5) is 11.5. The van der Waals surface area contributed by atoms with Crippen molar-refractivity contribution in [3.05, 3.63) is 35.9 Å². The maximum Gasteiger partial charge on any atom is 0.324 e. The van der Waals surface area contributed by atoms with E-state index in [2.05, 4.69) is 0 Å². The third-order valence-corrected chi connectivity index (χ3v) is 3.44. The van der Waals surface area contributed by atoms with Crippen LogP contribution >= 0.6 is 11.8 Å². The van der Waals surface area contributed by atoms with E-state index in [9.17, 15) is 4.79 Å². The summed E-state index contributed by atoms with van der Waals surface area (Å²) in [5.74, 6) is -0.256. The Labute approximate surface area is 100 Å². The van der Waals surface area contributed by atoms with Crippen LogP contribution in [0, 0.1) is 0 Å². The Morgan fingerprint density at radius 1 is 1.38 bits per heavy atom. The Balaban J connectivity index is 2.13. The minimum atomic E-state index is -0.322. The van der Waals surface area contributed by atoms with Crippen LogP contribution in [-0.4, -0.2) is 23.5 Å². The normalized spacial score (nSPS) is 25.6. The molecule has 3 nitrogen and oxygen atoms in total. The van der Waals surface area contributed by atoms with E-state index in [0.717, 1.165) is 18.4 Å². The molecule has 0 aromatic heterocycles. The van der Waals surface area contributed by atoms with Crippen LogP contribution in [-0.2, 0) is 9.53 Å². The first kappa shape index (κ1) is 11.4. The molecule has 0 bridgehead atoms. The molecule has 1 heterocycles. The van der Waals surface area contributed by atoms with Crippen molar-refractivity contribution in [3.8, 4) is 0 Å². The largest absolute Gasteiger partial charge is 0.468 e. The van der Waals surface area contributed by atoms with E-state index in [1.165, 1.54) is 7.11 Å². The van der Waals surface area contributed by atoms with Crippen LogP contribution in [0.1, 0.15) is 24.4 Å². The van der Waals surface area contributed by atoms with Gasteiger partial charge in [0.1, 0.15) is 6.04 Å². The fraction of sp³-hybridized carbons (Fsp3) is 0.417. The molecule has 0 spiro atoms. The van der Waals surface area contributed by atoms with E-state index in [1.54, 1.807) is 4.42 Å². The molecule has 4 heteroatoms. The van der Waals surface area contributed by atoms with Crippen LogP contribution in [0.2, 0.25) is 0 Å². The lowest BCUT2D eigenvalue weighted by Crippen LogP contribution is -2.31. The van der Waals surface area contributed by atoms with Gasteiger partial charge >= 0.3 is 5.97 Å². The van der Waals surface area contributed by atoms with Gasteiger partial charge < -0.3 is 4.74 Å². The smallest absolute Gasteiger partial charge is 0.324 e. The number of benzene rings is 1. The minimum absolute atomic E-state index is 0.104. The number of halogens is 1. The van der Waals surface area contributed by atoms with Crippen molar-refractivity contribution in [1.29, 1.82) is 0 Å². The average Bonchev–Trinajstić information content (AvgIpc) is 2.71. The Morgan fingerprint density at radius 2 is 2.06 bits per heavy atom. The summed E-state index contributed by atoms with van der Waals surface area (Å²) >= 11 is 6.18. The van der Waals surface area contributed by atoms with Crippen molar-refractivity contribution in [1.82, 2.24) is 4.42 Å². The summed E-state index contributed by atoms with van der Waals surface area (Å²) in [6.07, 6.45) is 1.63. The van der Waals surface area contributed by atoms with Crippen LogP contribution in [0.3, 0.4) is 0 Å². The van der Waals surface area contributed by atoms with Gasteiger partial charge in [0.2, 0.25) is 0 Å². The molecule has 0 unspecified atom stereocenters. The molecule has 1 aliphatic rings. The molecule has 2 atom stereocenters. The molecule has 0 amide bonds. The number of rotatable bonds is 2. The van der Waals surface area contributed by atoms with E-state index in [4.69, 9.17) is 16.5 Å². The highest BCUT2D eigenvalue weighted by atomic mass is 35.5. The molecule has 0 saturated carbocycles. The second kappa shape index (κ2) is 4.85. The van der Waals surface area contributed by atoms with Crippen LogP contribution in [0.5, 0.6) is 0 Å². The van der Waals surface area contributed by atoms with Gasteiger partial charge in [-0.3, -0.25) is 4.79 Å². The quantitative estimate of drug-likeness (QED) is 0.587. The topological polar surface area (TPSA) is 29.5 Å². The van der Waals surface area contributed by atoms with Gasteiger partial charge in [-0.1, -0.05) is 30.3 Å². The van der Waals surface area contributed by atoms with Crippen molar-refractivity contribution in [2.75, 3.05) is 7.11 Å². The maximum absolute atomic E-state index is 11.5. The fourth-order valence-electron chi connectivity index (χ4n) is 2.12. The number of hydrogen-bond donors (Lipinski definition) is 0. The molecular formula is C12H14ClNO2. The molecule has 86 valence electrons. The minimum Gasteiger partial charge on any atom is -0.468 e. The molecular weight excluding hydrogens is 226 g/mol. The summed E-state index contributed by atoms with van der Waals surface area (Å²) in [5, 5.41) is 0. The third-order valence-electron chi connectivity index (χ3n) is 2.97. The number of esters is 1. The van der Waals surface area contributed by atoms with E-state index < -0.39 is 0 Å². The molecule has 1 aromatic carbocycles. The van der Waals surface area contributed by atoms with Crippen molar-refractivity contribution < 1.29 is 9.53 Å². The Morgan fingerprint density at radius 3 is 2.69 bits per heavy atom. The molecule has 2 rings (SSSR count). The Bertz CT molecular complexity index is 369.